The number of ether oxygens (including phenoxy) is 5. The maximum atomic E-state index is 12.7. The summed E-state index contributed by atoms with van der Waals surface area (Å²) in [6, 6.07) is 9.29. The topological polar surface area (TPSA) is 75.3 Å². The van der Waals surface area contributed by atoms with E-state index in [1.54, 1.807) is 13.2 Å². The Morgan fingerprint density at radius 3 is 2.42 bits per heavy atom. The van der Waals surface area contributed by atoms with E-state index in [1.165, 1.54) is 6.08 Å². The lowest BCUT2D eigenvalue weighted by atomic mass is 9.95. The molecule has 1 atom stereocenters. The summed E-state index contributed by atoms with van der Waals surface area (Å²) >= 11 is 0. The van der Waals surface area contributed by atoms with Gasteiger partial charge >= 0.3 is 0 Å². The quantitative estimate of drug-likeness (QED) is 0.711. The van der Waals surface area contributed by atoms with Crippen LogP contribution < -0.4 is 29.0 Å². The van der Waals surface area contributed by atoms with E-state index in [9.17, 15) is 4.79 Å². The van der Waals surface area contributed by atoms with Gasteiger partial charge in [0.2, 0.25) is 11.7 Å². The van der Waals surface area contributed by atoms with Gasteiger partial charge in [-0.3, -0.25) is 4.79 Å². The van der Waals surface area contributed by atoms with Crippen LogP contribution >= 0.6 is 0 Å². The van der Waals surface area contributed by atoms with Gasteiger partial charge in [0.15, 0.2) is 23.0 Å². The van der Waals surface area contributed by atoms with Crippen molar-refractivity contribution < 1.29 is 28.5 Å². The highest BCUT2D eigenvalue weighted by Crippen LogP contribution is 2.40. The number of carbonyl (C=O) groups is 1. The van der Waals surface area contributed by atoms with E-state index in [0.717, 1.165) is 16.9 Å². The van der Waals surface area contributed by atoms with Gasteiger partial charge in [0, 0.05) is 6.08 Å². The second-order valence-electron chi connectivity index (χ2n) is 7.71. The summed E-state index contributed by atoms with van der Waals surface area (Å²) in [6.45, 7) is 6.17. The molecule has 31 heavy (non-hydrogen) atoms. The number of methoxy groups -OCH3 is 1. The molecule has 0 saturated heterocycles. The number of hydrogen-bond acceptors (Lipinski definition) is 6. The third-order valence-electron chi connectivity index (χ3n) is 5.17. The van der Waals surface area contributed by atoms with Crippen molar-refractivity contribution in [1.82, 2.24) is 5.32 Å². The molecule has 0 bridgehead atoms. The Balaban J connectivity index is 1.49. The number of fused-ring (bicyclic) bond motifs is 2. The Hall–Kier alpha value is -3.35. The molecule has 2 aromatic carbocycles. The number of carbonyl (C=O) groups excluding carboxylic acids is 1. The molecule has 0 aliphatic carbocycles. The van der Waals surface area contributed by atoms with Crippen molar-refractivity contribution in [1.29, 1.82) is 0 Å². The van der Waals surface area contributed by atoms with Gasteiger partial charge in [0.25, 0.3) is 0 Å². The van der Waals surface area contributed by atoms with Crippen molar-refractivity contribution in [2.45, 2.75) is 19.9 Å². The van der Waals surface area contributed by atoms with Gasteiger partial charge in [-0.05, 0) is 47.4 Å². The van der Waals surface area contributed by atoms with Gasteiger partial charge in [-0.25, -0.2) is 0 Å². The Bertz CT molecular complexity index is 967. The van der Waals surface area contributed by atoms with Crippen LogP contribution in [0, 0.1) is 5.92 Å². The van der Waals surface area contributed by atoms with E-state index in [1.807, 2.05) is 30.3 Å². The smallest absolute Gasteiger partial charge is 0.244 e. The molecule has 0 aromatic heterocycles. The standard InChI is InChI=1S/C24H27NO6/c1-15(2)23(17-5-6-18-19(14-17)29-9-8-28-18)25-22(26)7-4-16-12-20(27-3)24-21(13-16)30-10-11-31-24/h4-7,12-15,23H,8-11H2,1-3H3,(H,25,26)/b7-4+/t23-/m0/s1. The van der Waals surface area contributed by atoms with Crippen LogP contribution in [-0.4, -0.2) is 39.4 Å². The fourth-order valence-corrected chi connectivity index (χ4v) is 3.65. The first kappa shape index (κ1) is 20.9. The van der Waals surface area contributed by atoms with Gasteiger partial charge in [0.1, 0.15) is 26.4 Å². The van der Waals surface area contributed by atoms with Crippen LogP contribution in [-0.2, 0) is 4.79 Å². The monoisotopic (exact) mass is 425 g/mol. The summed E-state index contributed by atoms with van der Waals surface area (Å²) in [5.74, 6) is 3.22. The zero-order valence-corrected chi connectivity index (χ0v) is 18.0. The summed E-state index contributed by atoms with van der Waals surface area (Å²) in [4.78, 5) is 12.7. The zero-order chi connectivity index (χ0) is 21.8. The minimum absolute atomic E-state index is 0.164. The van der Waals surface area contributed by atoms with E-state index >= 15 is 0 Å². The first-order chi connectivity index (χ1) is 15.0. The van der Waals surface area contributed by atoms with Crippen molar-refractivity contribution in [2.75, 3.05) is 33.5 Å². The second kappa shape index (κ2) is 9.20. The first-order valence-corrected chi connectivity index (χ1v) is 10.4. The van der Waals surface area contributed by atoms with Crippen LogP contribution in [0.1, 0.15) is 31.0 Å². The third kappa shape index (κ3) is 4.71. The normalized spacial score (nSPS) is 15.6. The van der Waals surface area contributed by atoms with Gasteiger partial charge in [-0.15, -0.1) is 0 Å². The Labute approximate surface area is 181 Å². The van der Waals surface area contributed by atoms with Crippen molar-refractivity contribution in [3.05, 3.63) is 47.5 Å². The summed E-state index contributed by atoms with van der Waals surface area (Å²) in [5, 5.41) is 3.09. The molecule has 2 aliphatic heterocycles. The van der Waals surface area contributed by atoms with E-state index in [4.69, 9.17) is 23.7 Å². The number of nitrogens with one attached hydrogen (secondary N) is 1. The average Bonchev–Trinajstić information content (AvgIpc) is 2.80. The lowest BCUT2D eigenvalue weighted by Crippen LogP contribution is -2.30. The first-order valence-electron chi connectivity index (χ1n) is 10.4. The highest BCUT2D eigenvalue weighted by molar-refractivity contribution is 5.92. The van der Waals surface area contributed by atoms with Crippen molar-refractivity contribution >= 4 is 12.0 Å². The molecule has 4 rings (SSSR count). The van der Waals surface area contributed by atoms with Crippen LogP contribution in [0.2, 0.25) is 0 Å². The zero-order valence-electron chi connectivity index (χ0n) is 18.0. The summed E-state index contributed by atoms with van der Waals surface area (Å²) < 4.78 is 27.9. The van der Waals surface area contributed by atoms with Crippen LogP contribution in [0.25, 0.3) is 6.08 Å². The fourth-order valence-electron chi connectivity index (χ4n) is 3.65. The molecule has 7 heteroatoms. The molecular weight excluding hydrogens is 398 g/mol. The molecule has 0 saturated carbocycles. The van der Waals surface area contributed by atoms with Gasteiger partial charge in [0.05, 0.1) is 13.2 Å². The highest BCUT2D eigenvalue weighted by atomic mass is 16.6. The van der Waals surface area contributed by atoms with Crippen molar-refractivity contribution in [2.24, 2.45) is 5.92 Å². The molecule has 1 N–H and O–H groups in total. The summed E-state index contributed by atoms with van der Waals surface area (Å²) in [7, 11) is 1.58. The predicted octanol–water partition coefficient (Wildman–Crippen LogP) is 3.76. The van der Waals surface area contributed by atoms with Gasteiger partial charge in [-0.1, -0.05) is 19.9 Å². The SMILES string of the molecule is COc1cc(/C=C/C(=O)N[C@H](c2ccc3c(c2)OCCO3)C(C)C)cc2c1OCCO2. The van der Waals surface area contributed by atoms with Gasteiger partial charge in [-0.2, -0.15) is 0 Å². The number of rotatable bonds is 6. The summed E-state index contributed by atoms with van der Waals surface area (Å²) in [6.07, 6.45) is 3.25. The molecule has 0 unspecified atom stereocenters. The van der Waals surface area contributed by atoms with Gasteiger partial charge < -0.3 is 29.0 Å². The fraction of sp³-hybridized carbons (Fsp3) is 0.375. The lowest BCUT2D eigenvalue weighted by molar-refractivity contribution is -0.117. The largest absolute Gasteiger partial charge is 0.493 e. The predicted molar refractivity (Wildman–Crippen MR) is 116 cm³/mol. The Morgan fingerprint density at radius 1 is 0.968 bits per heavy atom. The molecule has 1 amide bonds. The summed E-state index contributed by atoms with van der Waals surface area (Å²) in [5.41, 5.74) is 1.76. The minimum Gasteiger partial charge on any atom is -0.493 e. The second-order valence-corrected chi connectivity index (χ2v) is 7.71. The van der Waals surface area contributed by atoms with E-state index in [-0.39, 0.29) is 17.9 Å². The molecule has 2 heterocycles. The molecule has 7 nitrogen and oxygen atoms in total. The molecule has 164 valence electrons. The average molecular weight is 425 g/mol. The third-order valence-corrected chi connectivity index (χ3v) is 5.17. The molecule has 0 spiro atoms. The van der Waals surface area contributed by atoms with E-state index in [2.05, 4.69) is 19.2 Å². The highest BCUT2D eigenvalue weighted by Gasteiger charge is 2.21. The Morgan fingerprint density at radius 2 is 1.68 bits per heavy atom. The number of hydrogen-bond donors (Lipinski definition) is 1. The molecule has 2 aromatic rings. The van der Waals surface area contributed by atoms with Crippen LogP contribution in [0.5, 0.6) is 28.7 Å². The van der Waals surface area contributed by atoms with Crippen molar-refractivity contribution in [3.63, 3.8) is 0 Å². The molecular formula is C24H27NO6. The molecule has 0 radical (unpaired) electrons. The number of benzene rings is 2. The van der Waals surface area contributed by atoms with Crippen LogP contribution in [0.15, 0.2) is 36.4 Å². The van der Waals surface area contributed by atoms with E-state index < -0.39 is 0 Å². The minimum atomic E-state index is -0.192. The Kier molecular flexibility index (Phi) is 6.21. The maximum Gasteiger partial charge on any atom is 0.244 e. The van der Waals surface area contributed by atoms with Crippen LogP contribution in [0.3, 0.4) is 0 Å². The number of amides is 1. The van der Waals surface area contributed by atoms with E-state index in [0.29, 0.717) is 49.4 Å². The van der Waals surface area contributed by atoms with Crippen molar-refractivity contribution in [3.8, 4) is 28.7 Å². The lowest BCUT2D eigenvalue weighted by Gasteiger charge is -2.25. The molecule has 0 fully saturated rings. The molecule has 2 aliphatic rings. The maximum absolute atomic E-state index is 12.7. The van der Waals surface area contributed by atoms with Crippen LogP contribution in [0.4, 0.5) is 0 Å².